The molecule has 21 heavy (non-hydrogen) atoms. The van der Waals surface area contributed by atoms with Gasteiger partial charge >= 0.3 is 0 Å². The van der Waals surface area contributed by atoms with Crippen LogP contribution >= 0.6 is 0 Å². The zero-order valence-corrected chi connectivity index (χ0v) is 14.4. The average molecular weight is 296 g/mol. The third kappa shape index (κ3) is 4.94. The second-order valence-electron chi connectivity index (χ2n) is 8.07. The van der Waals surface area contributed by atoms with Gasteiger partial charge in [-0.25, -0.2) is 0 Å². The number of aliphatic hydroxyl groups excluding tert-OH is 1. The molecule has 0 amide bonds. The summed E-state index contributed by atoms with van der Waals surface area (Å²) in [4.78, 5) is 2.48. The summed E-state index contributed by atoms with van der Waals surface area (Å²) in [5.41, 5.74) is 0.445. The first-order valence-electron chi connectivity index (χ1n) is 9.11. The summed E-state index contributed by atoms with van der Waals surface area (Å²) in [6.07, 6.45) is 10.0. The molecule has 3 heteroatoms. The maximum Gasteiger partial charge on any atom is 0.0695 e. The fourth-order valence-corrected chi connectivity index (χ4v) is 4.39. The SMILES string of the molecule is CC(C)CNCC1(CN(C)C2CCCCC2O)CCCC1. The van der Waals surface area contributed by atoms with Crippen LogP contribution in [0.4, 0.5) is 0 Å². The molecule has 2 N–H and O–H groups in total. The molecule has 0 aromatic carbocycles. The number of aliphatic hydroxyl groups is 1. The van der Waals surface area contributed by atoms with Crippen molar-refractivity contribution in [2.75, 3.05) is 26.7 Å². The lowest BCUT2D eigenvalue weighted by Crippen LogP contribution is -2.49. The maximum absolute atomic E-state index is 10.3. The second-order valence-corrected chi connectivity index (χ2v) is 8.07. The zero-order valence-electron chi connectivity index (χ0n) is 14.4. The molecule has 2 fully saturated rings. The highest BCUT2D eigenvalue weighted by atomic mass is 16.3. The van der Waals surface area contributed by atoms with Crippen LogP contribution in [0.2, 0.25) is 0 Å². The van der Waals surface area contributed by atoms with Gasteiger partial charge in [0.15, 0.2) is 0 Å². The number of nitrogens with one attached hydrogen (secondary N) is 1. The monoisotopic (exact) mass is 296 g/mol. The van der Waals surface area contributed by atoms with Crippen molar-refractivity contribution in [1.29, 1.82) is 0 Å². The van der Waals surface area contributed by atoms with E-state index >= 15 is 0 Å². The van der Waals surface area contributed by atoms with Crippen LogP contribution in [0.3, 0.4) is 0 Å². The van der Waals surface area contributed by atoms with E-state index in [9.17, 15) is 5.11 Å². The van der Waals surface area contributed by atoms with Gasteiger partial charge in [-0.15, -0.1) is 0 Å². The quantitative estimate of drug-likeness (QED) is 0.758. The van der Waals surface area contributed by atoms with Crippen LogP contribution < -0.4 is 5.32 Å². The largest absolute Gasteiger partial charge is 0.391 e. The molecule has 0 aliphatic heterocycles. The van der Waals surface area contributed by atoms with Gasteiger partial charge in [0.1, 0.15) is 0 Å². The van der Waals surface area contributed by atoms with Gasteiger partial charge in [-0.1, -0.05) is 39.5 Å². The van der Waals surface area contributed by atoms with Crippen molar-refractivity contribution in [2.24, 2.45) is 11.3 Å². The third-order valence-corrected chi connectivity index (χ3v) is 5.56. The van der Waals surface area contributed by atoms with Crippen LogP contribution in [-0.2, 0) is 0 Å². The Kier molecular flexibility index (Phi) is 6.51. The van der Waals surface area contributed by atoms with Gasteiger partial charge in [0.05, 0.1) is 6.10 Å². The molecular weight excluding hydrogens is 260 g/mol. The normalized spacial score (nSPS) is 29.4. The molecule has 0 bridgehead atoms. The van der Waals surface area contributed by atoms with E-state index < -0.39 is 0 Å². The Morgan fingerprint density at radius 2 is 1.81 bits per heavy atom. The average Bonchev–Trinajstić information content (AvgIpc) is 2.87. The Labute approximate surface area is 131 Å². The molecule has 0 spiro atoms. The zero-order chi connectivity index (χ0) is 15.3. The van der Waals surface area contributed by atoms with E-state index in [0.29, 0.717) is 11.5 Å². The molecule has 0 saturated heterocycles. The fraction of sp³-hybridized carbons (Fsp3) is 1.00. The first-order chi connectivity index (χ1) is 10.0. The first-order valence-corrected chi connectivity index (χ1v) is 9.11. The highest BCUT2D eigenvalue weighted by Crippen LogP contribution is 2.39. The molecular formula is C18H36N2O. The van der Waals surface area contributed by atoms with Gasteiger partial charge in [-0.05, 0) is 50.6 Å². The van der Waals surface area contributed by atoms with Crippen molar-refractivity contribution in [3.63, 3.8) is 0 Å². The molecule has 124 valence electrons. The lowest BCUT2D eigenvalue weighted by Gasteiger charge is -2.41. The summed E-state index contributed by atoms with van der Waals surface area (Å²) in [6.45, 7) is 7.98. The number of hydrogen-bond acceptors (Lipinski definition) is 3. The smallest absolute Gasteiger partial charge is 0.0695 e. The molecule has 2 aliphatic rings. The Morgan fingerprint density at radius 3 is 2.43 bits per heavy atom. The van der Waals surface area contributed by atoms with E-state index in [0.717, 1.165) is 32.0 Å². The highest BCUT2D eigenvalue weighted by Gasteiger charge is 2.37. The van der Waals surface area contributed by atoms with E-state index in [2.05, 4.69) is 31.1 Å². The lowest BCUT2D eigenvalue weighted by molar-refractivity contribution is 0.0126. The van der Waals surface area contributed by atoms with Crippen LogP contribution in [0.5, 0.6) is 0 Å². The fourth-order valence-electron chi connectivity index (χ4n) is 4.39. The molecule has 2 unspecified atom stereocenters. The standard InChI is InChI=1S/C18H36N2O/c1-15(2)12-19-13-18(10-6-7-11-18)14-20(3)16-8-4-5-9-17(16)21/h15-17,19,21H,4-14H2,1-3H3. The summed E-state index contributed by atoms with van der Waals surface area (Å²) in [5, 5.41) is 14.0. The van der Waals surface area contributed by atoms with Crippen LogP contribution in [0.15, 0.2) is 0 Å². The van der Waals surface area contributed by atoms with Gasteiger partial charge in [-0.3, -0.25) is 0 Å². The predicted molar refractivity (Wildman–Crippen MR) is 89.5 cm³/mol. The molecule has 0 radical (unpaired) electrons. The molecule has 2 aliphatic carbocycles. The van der Waals surface area contributed by atoms with Crippen molar-refractivity contribution in [3.05, 3.63) is 0 Å². The van der Waals surface area contributed by atoms with Crippen LogP contribution in [-0.4, -0.2) is 48.8 Å². The van der Waals surface area contributed by atoms with Crippen molar-refractivity contribution >= 4 is 0 Å². The molecule has 2 rings (SSSR count). The minimum absolute atomic E-state index is 0.106. The van der Waals surface area contributed by atoms with E-state index in [1.54, 1.807) is 0 Å². The van der Waals surface area contributed by atoms with E-state index in [4.69, 9.17) is 0 Å². The summed E-state index contributed by atoms with van der Waals surface area (Å²) in [5.74, 6) is 0.723. The van der Waals surface area contributed by atoms with Gasteiger partial charge in [-0.2, -0.15) is 0 Å². The summed E-state index contributed by atoms with van der Waals surface area (Å²) in [6, 6.07) is 0.390. The summed E-state index contributed by atoms with van der Waals surface area (Å²) >= 11 is 0. The van der Waals surface area contributed by atoms with Gasteiger partial charge < -0.3 is 15.3 Å². The number of rotatable bonds is 7. The molecule has 0 aromatic rings. The van der Waals surface area contributed by atoms with Crippen molar-refractivity contribution < 1.29 is 5.11 Å². The number of nitrogens with zero attached hydrogens (tertiary/aromatic N) is 1. The minimum Gasteiger partial charge on any atom is -0.391 e. The Balaban J connectivity index is 1.88. The van der Waals surface area contributed by atoms with E-state index in [1.165, 1.54) is 44.9 Å². The molecule has 2 saturated carbocycles. The summed E-state index contributed by atoms with van der Waals surface area (Å²) in [7, 11) is 2.24. The maximum atomic E-state index is 10.3. The minimum atomic E-state index is -0.106. The molecule has 0 aromatic heterocycles. The molecule has 3 nitrogen and oxygen atoms in total. The predicted octanol–water partition coefficient (Wildman–Crippen LogP) is 3.03. The van der Waals surface area contributed by atoms with Gasteiger partial charge in [0, 0.05) is 19.1 Å². The second kappa shape index (κ2) is 7.94. The topological polar surface area (TPSA) is 35.5 Å². The van der Waals surface area contributed by atoms with Crippen LogP contribution in [0.25, 0.3) is 0 Å². The van der Waals surface area contributed by atoms with Crippen LogP contribution in [0, 0.1) is 11.3 Å². The number of hydrogen-bond donors (Lipinski definition) is 2. The summed E-state index contributed by atoms with van der Waals surface area (Å²) < 4.78 is 0. The highest BCUT2D eigenvalue weighted by molar-refractivity contribution is 4.92. The first kappa shape index (κ1) is 17.2. The molecule has 0 heterocycles. The van der Waals surface area contributed by atoms with E-state index in [-0.39, 0.29) is 6.10 Å². The Hall–Kier alpha value is -0.120. The Morgan fingerprint density at radius 1 is 1.14 bits per heavy atom. The van der Waals surface area contributed by atoms with Crippen LogP contribution in [0.1, 0.15) is 65.2 Å². The third-order valence-electron chi connectivity index (χ3n) is 5.56. The Bertz CT molecular complexity index is 300. The van der Waals surface area contributed by atoms with Crippen molar-refractivity contribution in [1.82, 2.24) is 10.2 Å². The molecule has 2 atom stereocenters. The van der Waals surface area contributed by atoms with E-state index in [1.807, 2.05) is 0 Å². The lowest BCUT2D eigenvalue weighted by atomic mass is 9.83. The van der Waals surface area contributed by atoms with Crippen molar-refractivity contribution in [3.8, 4) is 0 Å². The van der Waals surface area contributed by atoms with Gasteiger partial charge in [0.25, 0.3) is 0 Å². The van der Waals surface area contributed by atoms with Crippen molar-refractivity contribution in [2.45, 2.75) is 77.4 Å². The van der Waals surface area contributed by atoms with Gasteiger partial charge in [0.2, 0.25) is 0 Å². The number of likely N-dealkylation sites (N-methyl/N-ethyl adjacent to an activating group) is 1.